The first kappa shape index (κ1) is 11.7. The predicted molar refractivity (Wildman–Crippen MR) is 67.4 cm³/mol. The Morgan fingerprint density at radius 2 is 2.24 bits per heavy atom. The summed E-state index contributed by atoms with van der Waals surface area (Å²) in [6.45, 7) is 1.77. The summed E-state index contributed by atoms with van der Waals surface area (Å²) in [5.41, 5.74) is 7.47. The fourth-order valence-electron chi connectivity index (χ4n) is 1.53. The highest BCUT2D eigenvalue weighted by atomic mass is 79.9. The van der Waals surface area contributed by atoms with Crippen molar-refractivity contribution >= 4 is 27.6 Å². The van der Waals surface area contributed by atoms with Gasteiger partial charge in [-0.3, -0.25) is 0 Å². The summed E-state index contributed by atoms with van der Waals surface area (Å²) < 4.78 is 2.41. The van der Waals surface area contributed by atoms with Gasteiger partial charge in [0.2, 0.25) is 0 Å². The van der Waals surface area contributed by atoms with E-state index >= 15 is 0 Å². The van der Waals surface area contributed by atoms with E-state index in [1.165, 1.54) is 6.07 Å². The third kappa shape index (κ3) is 2.16. The molecule has 3 N–H and O–H groups in total. The second-order valence-electron chi connectivity index (χ2n) is 3.63. The van der Waals surface area contributed by atoms with Crippen LogP contribution in [0.15, 0.2) is 29.0 Å². The number of anilines is 1. The number of aryl methyl sites for hydroxylation is 1. The van der Waals surface area contributed by atoms with E-state index in [0.29, 0.717) is 11.3 Å². The van der Waals surface area contributed by atoms with Crippen LogP contribution in [0.25, 0.3) is 5.69 Å². The van der Waals surface area contributed by atoms with Gasteiger partial charge in [-0.15, -0.1) is 0 Å². The Balaban J connectivity index is 2.60. The first-order valence-corrected chi connectivity index (χ1v) is 5.62. The summed E-state index contributed by atoms with van der Waals surface area (Å²) in [4.78, 5) is 11.0. The van der Waals surface area contributed by atoms with Gasteiger partial charge >= 0.3 is 5.97 Å². The first-order chi connectivity index (χ1) is 7.99. The second-order valence-corrected chi connectivity index (χ2v) is 4.55. The van der Waals surface area contributed by atoms with Gasteiger partial charge < -0.3 is 10.8 Å². The molecule has 0 bridgehead atoms. The molecule has 0 unspecified atom stereocenters. The zero-order valence-electron chi connectivity index (χ0n) is 9.01. The van der Waals surface area contributed by atoms with Gasteiger partial charge in [-0.25, -0.2) is 9.48 Å². The van der Waals surface area contributed by atoms with Crippen LogP contribution in [0.1, 0.15) is 15.9 Å². The average molecular weight is 296 g/mol. The van der Waals surface area contributed by atoms with Crippen LogP contribution in [0.2, 0.25) is 0 Å². The molecule has 0 spiro atoms. The van der Waals surface area contributed by atoms with Crippen molar-refractivity contribution in [2.24, 2.45) is 0 Å². The monoisotopic (exact) mass is 295 g/mol. The number of carbonyl (C=O) groups is 1. The quantitative estimate of drug-likeness (QED) is 0.833. The molecule has 0 aliphatic heterocycles. The van der Waals surface area contributed by atoms with Crippen molar-refractivity contribution in [3.8, 4) is 5.69 Å². The van der Waals surface area contributed by atoms with Gasteiger partial charge in [0.25, 0.3) is 0 Å². The van der Waals surface area contributed by atoms with E-state index < -0.39 is 5.97 Å². The Labute approximate surface area is 106 Å². The maximum atomic E-state index is 11.0. The normalized spacial score (nSPS) is 10.5. The highest BCUT2D eigenvalue weighted by Gasteiger charge is 2.12. The van der Waals surface area contributed by atoms with E-state index in [9.17, 15) is 4.79 Å². The number of benzene rings is 1. The Kier molecular flexibility index (Phi) is 2.89. The third-order valence-corrected chi connectivity index (χ3v) is 2.83. The number of carboxylic acid groups (broad SMARTS) is 1. The van der Waals surface area contributed by atoms with Crippen LogP contribution >= 0.6 is 15.9 Å². The lowest BCUT2D eigenvalue weighted by Gasteiger charge is -2.08. The van der Waals surface area contributed by atoms with Crippen LogP contribution in [0.3, 0.4) is 0 Å². The van der Waals surface area contributed by atoms with Crippen LogP contribution in [0, 0.1) is 6.92 Å². The zero-order valence-corrected chi connectivity index (χ0v) is 10.6. The lowest BCUT2D eigenvalue weighted by atomic mass is 10.1. The Hall–Kier alpha value is -1.82. The zero-order chi connectivity index (χ0) is 12.6. The van der Waals surface area contributed by atoms with Crippen LogP contribution < -0.4 is 5.73 Å². The molecule has 1 heterocycles. The molecule has 0 amide bonds. The number of nitrogens with two attached hydrogens (primary N) is 1. The minimum absolute atomic E-state index is 0.0895. The molecule has 2 rings (SSSR count). The van der Waals surface area contributed by atoms with Crippen molar-refractivity contribution in [1.82, 2.24) is 9.78 Å². The lowest BCUT2D eigenvalue weighted by Crippen LogP contribution is -2.07. The maximum absolute atomic E-state index is 11.0. The van der Waals surface area contributed by atoms with E-state index in [1.807, 2.05) is 0 Å². The topological polar surface area (TPSA) is 81.1 Å². The minimum atomic E-state index is -1.04. The standard InChI is InChI=1S/C11H10BrN3O2/c1-6-2-8(15-5-7(12)4-14-15)3-9(10(6)13)11(16)17/h2-5H,13H2,1H3,(H,16,17). The SMILES string of the molecule is Cc1cc(-n2cc(Br)cn2)cc(C(=O)O)c1N. The number of rotatable bonds is 2. The molecule has 0 saturated carbocycles. The summed E-state index contributed by atoms with van der Waals surface area (Å²) in [5.74, 6) is -1.04. The number of carboxylic acids is 1. The molecule has 0 radical (unpaired) electrons. The molecule has 1 aromatic carbocycles. The van der Waals surface area contributed by atoms with Crippen molar-refractivity contribution in [2.45, 2.75) is 6.92 Å². The number of nitrogen functional groups attached to an aromatic ring is 1. The first-order valence-electron chi connectivity index (χ1n) is 4.83. The second kappa shape index (κ2) is 4.21. The maximum Gasteiger partial charge on any atom is 0.337 e. The van der Waals surface area contributed by atoms with Gasteiger partial charge in [-0.2, -0.15) is 5.10 Å². The third-order valence-electron chi connectivity index (χ3n) is 2.42. The fraction of sp³-hybridized carbons (Fsp3) is 0.0909. The highest BCUT2D eigenvalue weighted by molar-refractivity contribution is 9.10. The van der Waals surface area contributed by atoms with E-state index in [2.05, 4.69) is 21.0 Å². The molecule has 17 heavy (non-hydrogen) atoms. The van der Waals surface area contributed by atoms with Gasteiger partial charge in [0.1, 0.15) is 0 Å². The van der Waals surface area contributed by atoms with Crippen molar-refractivity contribution in [2.75, 3.05) is 5.73 Å². The van der Waals surface area contributed by atoms with E-state index in [-0.39, 0.29) is 11.3 Å². The van der Waals surface area contributed by atoms with Gasteiger partial charge in [0.05, 0.1) is 21.9 Å². The summed E-state index contributed by atoms with van der Waals surface area (Å²) in [7, 11) is 0. The fourth-order valence-corrected chi connectivity index (χ4v) is 1.82. The number of hydrogen-bond donors (Lipinski definition) is 2. The van der Waals surface area contributed by atoms with Gasteiger partial charge in [-0.05, 0) is 40.5 Å². The molecule has 0 fully saturated rings. The number of nitrogens with zero attached hydrogens (tertiary/aromatic N) is 2. The Morgan fingerprint density at radius 1 is 1.53 bits per heavy atom. The molecule has 0 aliphatic carbocycles. The van der Waals surface area contributed by atoms with Crippen LogP contribution in [0.5, 0.6) is 0 Å². The van der Waals surface area contributed by atoms with Crippen LogP contribution in [-0.4, -0.2) is 20.9 Å². The molecule has 88 valence electrons. The van der Waals surface area contributed by atoms with E-state index in [0.717, 1.165) is 4.47 Å². The van der Waals surface area contributed by atoms with Gasteiger partial charge in [0.15, 0.2) is 0 Å². The van der Waals surface area contributed by atoms with Crippen molar-refractivity contribution in [3.05, 3.63) is 40.1 Å². The van der Waals surface area contributed by atoms with Crippen molar-refractivity contribution < 1.29 is 9.90 Å². The van der Waals surface area contributed by atoms with E-state index in [1.54, 1.807) is 30.1 Å². The molecule has 0 saturated heterocycles. The summed E-state index contributed by atoms with van der Waals surface area (Å²) in [5, 5.41) is 13.1. The summed E-state index contributed by atoms with van der Waals surface area (Å²) in [6.07, 6.45) is 3.38. The molecular formula is C11H10BrN3O2. The molecule has 1 aromatic heterocycles. The average Bonchev–Trinajstić information content (AvgIpc) is 2.68. The number of hydrogen-bond acceptors (Lipinski definition) is 3. The Morgan fingerprint density at radius 3 is 2.76 bits per heavy atom. The van der Waals surface area contributed by atoms with Crippen LogP contribution in [0.4, 0.5) is 5.69 Å². The molecule has 0 aliphatic rings. The Bertz CT molecular complexity index is 592. The molecule has 0 atom stereocenters. The molecular weight excluding hydrogens is 286 g/mol. The molecule has 5 nitrogen and oxygen atoms in total. The molecule has 6 heteroatoms. The van der Waals surface area contributed by atoms with E-state index in [4.69, 9.17) is 10.8 Å². The molecule has 2 aromatic rings. The summed E-state index contributed by atoms with van der Waals surface area (Å²) >= 11 is 3.29. The summed E-state index contributed by atoms with van der Waals surface area (Å²) in [6, 6.07) is 3.30. The number of aromatic nitrogens is 2. The minimum Gasteiger partial charge on any atom is -0.478 e. The predicted octanol–water partition coefficient (Wildman–Crippen LogP) is 2.22. The lowest BCUT2D eigenvalue weighted by molar-refractivity contribution is 0.0698. The van der Waals surface area contributed by atoms with Crippen molar-refractivity contribution in [3.63, 3.8) is 0 Å². The number of halogens is 1. The van der Waals surface area contributed by atoms with Crippen molar-refractivity contribution in [1.29, 1.82) is 0 Å². The van der Waals surface area contributed by atoms with Gasteiger partial charge in [0, 0.05) is 11.9 Å². The highest BCUT2D eigenvalue weighted by Crippen LogP contribution is 2.22. The smallest absolute Gasteiger partial charge is 0.337 e. The van der Waals surface area contributed by atoms with Crippen LogP contribution in [-0.2, 0) is 0 Å². The largest absolute Gasteiger partial charge is 0.478 e. The van der Waals surface area contributed by atoms with Gasteiger partial charge in [-0.1, -0.05) is 0 Å². The number of aromatic carboxylic acids is 1.